The Bertz CT molecular complexity index is 391. The van der Waals surface area contributed by atoms with E-state index < -0.39 is 0 Å². The van der Waals surface area contributed by atoms with Gasteiger partial charge in [0.1, 0.15) is 0 Å². The Balaban J connectivity index is 2.01. The van der Waals surface area contributed by atoms with Gasteiger partial charge in [-0.1, -0.05) is 6.92 Å². The van der Waals surface area contributed by atoms with E-state index in [0.29, 0.717) is 12.2 Å². The van der Waals surface area contributed by atoms with Gasteiger partial charge in [0.2, 0.25) is 0 Å². The maximum absolute atomic E-state index is 11.5. The van der Waals surface area contributed by atoms with Gasteiger partial charge in [0.15, 0.2) is 0 Å². The number of hydrogen-bond acceptors (Lipinski definition) is 3. The number of anilines is 1. The van der Waals surface area contributed by atoms with Gasteiger partial charge in [-0.25, -0.2) is 4.79 Å². The Labute approximate surface area is 109 Å². The van der Waals surface area contributed by atoms with Crippen LogP contribution in [0.5, 0.6) is 0 Å². The molecule has 3 nitrogen and oxygen atoms in total. The molecule has 1 heterocycles. The Morgan fingerprint density at radius 2 is 1.89 bits per heavy atom. The van der Waals surface area contributed by atoms with E-state index in [0.717, 1.165) is 19.0 Å². The summed E-state index contributed by atoms with van der Waals surface area (Å²) in [6.07, 6.45) is 2.50. The van der Waals surface area contributed by atoms with Crippen molar-refractivity contribution in [3.05, 3.63) is 29.8 Å². The molecule has 0 atom stereocenters. The molecule has 0 aromatic heterocycles. The van der Waals surface area contributed by atoms with Crippen molar-refractivity contribution in [2.75, 3.05) is 24.6 Å². The lowest BCUT2D eigenvalue weighted by atomic mass is 9.99. The average Bonchev–Trinajstić information content (AvgIpc) is 2.40. The van der Waals surface area contributed by atoms with Crippen LogP contribution in [0.4, 0.5) is 5.69 Å². The summed E-state index contributed by atoms with van der Waals surface area (Å²) in [6, 6.07) is 7.74. The van der Waals surface area contributed by atoms with Gasteiger partial charge in [-0.05, 0) is 49.9 Å². The third-order valence-electron chi connectivity index (χ3n) is 3.53. The highest BCUT2D eigenvalue weighted by molar-refractivity contribution is 5.89. The zero-order valence-corrected chi connectivity index (χ0v) is 11.2. The Hall–Kier alpha value is -1.51. The summed E-state index contributed by atoms with van der Waals surface area (Å²) in [6.45, 7) is 6.77. The van der Waals surface area contributed by atoms with Crippen molar-refractivity contribution in [3.63, 3.8) is 0 Å². The van der Waals surface area contributed by atoms with Crippen LogP contribution in [0, 0.1) is 5.92 Å². The molecule has 1 saturated heterocycles. The summed E-state index contributed by atoms with van der Waals surface area (Å²) in [5.74, 6) is 0.594. The third-order valence-corrected chi connectivity index (χ3v) is 3.53. The molecule has 1 aromatic carbocycles. The Morgan fingerprint density at radius 1 is 1.28 bits per heavy atom. The number of nitrogens with zero attached hydrogens (tertiary/aromatic N) is 1. The van der Waals surface area contributed by atoms with Crippen LogP contribution in [-0.2, 0) is 4.74 Å². The fourth-order valence-electron chi connectivity index (χ4n) is 2.29. The molecule has 0 saturated carbocycles. The van der Waals surface area contributed by atoms with Gasteiger partial charge in [0.25, 0.3) is 0 Å². The van der Waals surface area contributed by atoms with E-state index in [1.54, 1.807) is 0 Å². The largest absolute Gasteiger partial charge is 0.462 e. The van der Waals surface area contributed by atoms with E-state index in [-0.39, 0.29) is 5.97 Å². The number of esters is 1. The Kier molecular flexibility index (Phi) is 4.24. The second kappa shape index (κ2) is 5.89. The van der Waals surface area contributed by atoms with E-state index in [2.05, 4.69) is 11.8 Å². The molecule has 0 bridgehead atoms. The third kappa shape index (κ3) is 3.03. The number of carbonyl (C=O) groups excluding carboxylic acids is 1. The molecule has 98 valence electrons. The van der Waals surface area contributed by atoms with E-state index in [9.17, 15) is 4.79 Å². The first-order valence-corrected chi connectivity index (χ1v) is 6.73. The van der Waals surface area contributed by atoms with Crippen molar-refractivity contribution in [2.24, 2.45) is 5.92 Å². The molecule has 0 aliphatic carbocycles. The van der Waals surface area contributed by atoms with Gasteiger partial charge in [0.05, 0.1) is 12.2 Å². The summed E-state index contributed by atoms with van der Waals surface area (Å²) in [7, 11) is 0. The van der Waals surface area contributed by atoms with Crippen LogP contribution in [0.25, 0.3) is 0 Å². The van der Waals surface area contributed by atoms with E-state index >= 15 is 0 Å². The van der Waals surface area contributed by atoms with Gasteiger partial charge in [-0.15, -0.1) is 0 Å². The molecule has 1 aliphatic rings. The van der Waals surface area contributed by atoms with Crippen LogP contribution < -0.4 is 4.90 Å². The first-order valence-electron chi connectivity index (χ1n) is 6.73. The fourth-order valence-corrected chi connectivity index (χ4v) is 2.29. The maximum Gasteiger partial charge on any atom is 0.338 e. The monoisotopic (exact) mass is 247 g/mol. The zero-order chi connectivity index (χ0) is 13.0. The normalized spacial score (nSPS) is 16.7. The molecule has 0 unspecified atom stereocenters. The molecular formula is C15H21NO2. The Morgan fingerprint density at radius 3 is 2.44 bits per heavy atom. The lowest BCUT2D eigenvalue weighted by Crippen LogP contribution is -2.32. The molecule has 1 fully saturated rings. The van der Waals surface area contributed by atoms with Gasteiger partial charge >= 0.3 is 5.97 Å². The summed E-state index contributed by atoms with van der Waals surface area (Å²) in [5, 5.41) is 0. The van der Waals surface area contributed by atoms with Gasteiger partial charge in [-0.2, -0.15) is 0 Å². The van der Waals surface area contributed by atoms with E-state index in [1.165, 1.54) is 18.5 Å². The van der Waals surface area contributed by atoms with Crippen LogP contribution in [0.2, 0.25) is 0 Å². The summed E-state index contributed by atoms with van der Waals surface area (Å²) in [5.41, 5.74) is 1.83. The number of ether oxygens (including phenoxy) is 1. The number of benzene rings is 1. The topological polar surface area (TPSA) is 29.5 Å². The van der Waals surface area contributed by atoms with Crippen LogP contribution in [0.15, 0.2) is 24.3 Å². The van der Waals surface area contributed by atoms with Crippen LogP contribution in [0.3, 0.4) is 0 Å². The van der Waals surface area contributed by atoms with Crippen molar-refractivity contribution in [2.45, 2.75) is 26.7 Å². The number of hydrogen-bond donors (Lipinski definition) is 0. The molecule has 1 aromatic rings. The number of carbonyl (C=O) groups is 1. The predicted molar refractivity (Wildman–Crippen MR) is 73.0 cm³/mol. The first-order chi connectivity index (χ1) is 8.70. The van der Waals surface area contributed by atoms with Crippen LogP contribution >= 0.6 is 0 Å². The molecule has 0 amide bonds. The van der Waals surface area contributed by atoms with Crippen LogP contribution in [0.1, 0.15) is 37.0 Å². The minimum absolute atomic E-state index is 0.240. The summed E-state index contributed by atoms with van der Waals surface area (Å²) >= 11 is 0. The quantitative estimate of drug-likeness (QED) is 0.769. The van der Waals surface area contributed by atoms with Crippen molar-refractivity contribution >= 4 is 11.7 Å². The lowest BCUT2D eigenvalue weighted by molar-refractivity contribution is 0.0526. The smallest absolute Gasteiger partial charge is 0.338 e. The highest BCUT2D eigenvalue weighted by Gasteiger charge is 2.16. The van der Waals surface area contributed by atoms with Crippen molar-refractivity contribution < 1.29 is 9.53 Å². The lowest BCUT2D eigenvalue weighted by Gasteiger charge is -2.32. The molecule has 18 heavy (non-hydrogen) atoms. The fraction of sp³-hybridized carbons (Fsp3) is 0.533. The average molecular weight is 247 g/mol. The van der Waals surface area contributed by atoms with Crippen molar-refractivity contribution in [1.29, 1.82) is 0 Å². The SMILES string of the molecule is CCOC(=O)c1ccc(N2CCC(C)CC2)cc1. The van der Waals surface area contributed by atoms with E-state index in [1.807, 2.05) is 31.2 Å². The zero-order valence-electron chi connectivity index (χ0n) is 11.2. The standard InChI is InChI=1S/C15H21NO2/c1-3-18-15(17)13-4-6-14(7-5-13)16-10-8-12(2)9-11-16/h4-7,12H,3,8-11H2,1-2H3. The first kappa shape index (κ1) is 12.9. The molecule has 0 spiro atoms. The molecule has 3 heteroatoms. The van der Waals surface area contributed by atoms with E-state index in [4.69, 9.17) is 4.74 Å². The summed E-state index contributed by atoms with van der Waals surface area (Å²) in [4.78, 5) is 13.9. The number of rotatable bonds is 3. The minimum atomic E-state index is -0.240. The molecular weight excluding hydrogens is 226 g/mol. The minimum Gasteiger partial charge on any atom is -0.462 e. The van der Waals surface area contributed by atoms with Crippen molar-refractivity contribution in [1.82, 2.24) is 0 Å². The van der Waals surface area contributed by atoms with Crippen molar-refractivity contribution in [3.8, 4) is 0 Å². The van der Waals surface area contributed by atoms with Crippen LogP contribution in [-0.4, -0.2) is 25.7 Å². The predicted octanol–water partition coefficient (Wildman–Crippen LogP) is 3.10. The van der Waals surface area contributed by atoms with Gasteiger partial charge in [0, 0.05) is 18.8 Å². The van der Waals surface area contributed by atoms with Gasteiger partial charge < -0.3 is 9.64 Å². The maximum atomic E-state index is 11.5. The summed E-state index contributed by atoms with van der Waals surface area (Å²) < 4.78 is 4.97. The second-order valence-electron chi connectivity index (χ2n) is 4.94. The second-order valence-corrected chi connectivity index (χ2v) is 4.94. The molecule has 0 radical (unpaired) electrons. The molecule has 0 N–H and O–H groups in total. The molecule has 1 aliphatic heterocycles. The number of piperidine rings is 1. The highest BCUT2D eigenvalue weighted by Crippen LogP contribution is 2.23. The molecule has 2 rings (SSSR count). The highest BCUT2D eigenvalue weighted by atomic mass is 16.5. The van der Waals surface area contributed by atoms with Gasteiger partial charge in [-0.3, -0.25) is 0 Å².